The summed E-state index contributed by atoms with van der Waals surface area (Å²) >= 11 is 2.47. The van der Waals surface area contributed by atoms with Crippen molar-refractivity contribution < 1.29 is 38.2 Å². The number of esters is 1. The van der Waals surface area contributed by atoms with Gasteiger partial charge in [0.1, 0.15) is 28.9 Å². The summed E-state index contributed by atoms with van der Waals surface area (Å²) in [5.41, 5.74) is 8.08. The smallest absolute Gasteiger partial charge is 0.431 e. The summed E-state index contributed by atoms with van der Waals surface area (Å²) in [6.45, 7) is 1.40. The highest BCUT2D eigenvalue weighted by molar-refractivity contribution is 8.00. The molecular formula is C47H44N6O8S2. The first kappa shape index (κ1) is 42.9. The van der Waals surface area contributed by atoms with E-state index in [9.17, 15) is 19.2 Å². The molecule has 1 saturated heterocycles. The van der Waals surface area contributed by atoms with Crippen molar-refractivity contribution in [1.82, 2.24) is 20.2 Å². The lowest BCUT2D eigenvalue weighted by Crippen LogP contribution is -2.71. The summed E-state index contributed by atoms with van der Waals surface area (Å²) in [6.07, 6.45) is 8.73. The summed E-state index contributed by atoms with van der Waals surface area (Å²) in [7, 11) is 0. The van der Waals surface area contributed by atoms with Crippen LogP contribution in [0.2, 0.25) is 0 Å². The molecule has 2 aliphatic heterocycles. The fourth-order valence-electron chi connectivity index (χ4n) is 7.75. The molecule has 1 unspecified atom stereocenters. The van der Waals surface area contributed by atoms with Crippen LogP contribution in [0.3, 0.4) is 0 Å². The van der Waals surface area contributed by atoms with Crippen LogP contribution in [0, 0.1) is 0 Å². The lowest BCUT2D eigenvalue weighted by molar-refractivity contribution is -0.169. The van der Waals surface area contributed by atoms with E-state index in [2.05, 4.69) is 20.4 Å². The Hall–Kier alpha value is -6.78. The number of carbonyl (C=O) groups excluding carboxylic acids is 4. The minimum absolute atomic E-state index is 0.0478. The van der Waals surface area contributed by atoms with Gasteiger partial charge in [-0.3, -0.25) is 19.5 Å². The van der Waals surface area contributed by atoms with Crippen LogP contribution in [0.4, 0.5) is 9.93 Å². The molecule has 4 heterocycles. The Morgan fingerprint density at radius 3 is 2.13 bits per heavy atom. The van der Waals surface area contributed by atoms with Crippen LogP contribution in [-0.4, -0.2) is 74.1 Å². The maximum atomic E-state index is 14.5. The van der Waals surface area contributed by atoms with Gasteiger partial charge in [0.05, 0.1) is 0 Å². The number of nitrogens with two attached hydrogens (primary N) is 1. The zero-order valence-electron chi connectivity index (χ0n) is 34.2. The van der Waals surface area contributed by atoms with E-state index >= 15 is 0 Å². The number of amides is 2. The summed E-state index contributed by atoms with van der Waals surface area (Å²) in [4.78, 5) is 71.7. The molecule has 0 radical (unpaired) electrons. The minimum atomic E-state index is -1.33. The van der Waals surface area contributed by atoms with Crippen LogP contribution >= 0.6 is 23.1 Å². The molecule has 8 rings (SSSR count). The van der Waals surface area contributed by atoms with Crippen LogP contribution in [0.15, 0.2) is 143 Å². The van der Waals surface area contributed by atoms with Gasteiger partial charge in [-0.1, -0.05) is 121 Å². The number of anilines is 1. The highest BCUT2D eigenvalue weighted by atomic mass is 32.2. The predicted octanol–water partition coefficient (Wildman–Crippen LogP) is 7.58. The third kappa shape index (κ3) is 9.51. The van der Waals surface area contributed by atoms with Gasteiger partial charge in [0, 0.05) is 47.1 Å². The number of nitrogens with one attached hydrogen (secondary N) is 1. The van der Waals surface area contributed by atoms with E-state index in [0.29, 0.717) is 5.57 Å². The van der Waals surface area contributed by atoms with Crippen molar-refractivity contribution in [1.29, 1.82) is 0 Å². The number of fused-ring (bicyclic) bond motifs is 1. The number of oxime groups is 1. The fourth-order valence-corrected chi connectivity index (χ4v) is 9.61. The number of ether oxygens (including phenoxy) is 3. The van der Waals surface area contributed by atoms with Crippen molar-refractivity contribution in [2.75, 3.05) is 11.5 Å². The Bertz CT molecular complexity index is 2420. The number of hydrogen-bond donors (Lipinski definition) is 2. The fraction of sp³-hybridized carbons (Fsp3) is 0.255. The standard InChI is InChI=1S/C47H44N6O8S2/c1-30(59-46(57)60-36-22-12-5-13-23-36)58-44(56)40-32(25-24-31-15-14-26-49-27-31)28-62-43-39(42(55)53(40)43)51-41(54)38(37-29-63-45(48)50-37)52-61-47(33-16-6-2-7-17-33,34-18-8-3-9-19-34)35-20-10-4-11-21-35/h2-4,6-11,14-21,24-27,29-30,36,39,43H,5,12-13,22-23,28H2,1H3,(H2,48,50)(H,51,54)/b25-24-,52-38?/t30?,39-,43-/m1/s1. The van der Waals surface area contributed by atoms with Gasteiger partial charge in [-0.05, 0) is 42.9 Å². The molecule has 5 aromatic rings. The third-order valence-electron chi connectivity index (χ3n) is 10.8. The number of thiazole rings is 1. The first-order chi connectivity index (χ1) is 30.7. The second kappa shape index (κ2) is 19.5. The van der Waals surface area contributed by atoms with Gasteiger partial charge in [-0.25, -0.2) is 14.6 Å². The molecule has 0 bridgehead atoms. The van der Waals surface area contributed by atoms with E-state index in [0.717, 1.165) is 65.7 Å². The number of nitrogen functional groups attached to an aromatic ring is 1. The molecule has 3 atom stereocenters. The van der Waals surface area contributed by atoms with Crippen LogP contribution in [-0.2, 0) is 39.0 Å². The average Bonchev–Trinajstić information content (AvgIpc) is 3.75. The maximum Gasteiger partial charge on any atom is 0.511 e. The van der Waals surface area contributed by atoms with Crippen molar-refractivity contribution >= 4 is 64.0 Å². The second-order valence-electron chi connectivity index (χ2n) is 15.0. The number of β-lactam (4-membered cyclic amide) rings is 1. The highest BCUT2D eigenvalue weighted by Crippen LogP contribution is 2.43. The second-order valence-corrected chi connectivity index (χ2v) is 16.9. The Balaban J connectivity index is 1.07. The van der Waals surface area contributed by atoms with Crippen LogP contribution in [0.5, 0.6) is 0 Å². The van der Waals surface area contributed by atoms with E-state index in [1.165, 1.54) is 23.6 Å². The number of rotatable bonds is 14. The van der Waals surface area contributed by atoms with E-state index in [1.54, 1.807) is 36.0 Å². The lowest BCUT2D eigenvalue weighted by atomic mass is 9.80. The van der Waals surface area contributed by atoms with Gasteiger partial charge in [0.15, 0.2) is 10.8 Å². The molecule has 2 amide bonds. The van der Waals surface area contributed by atoms with E-state index in [1.807, 2.05) is 97.1 Å². The molecule has 1 aliphatic carbocycles. The molecule has 14 nitrogen and oxygen atoms in total. The van der Waals surface area contributed by atoms with Crippen LogP contribution in [0.1, 0.15) is 67.0 Å². The van der Waals surface area contributed by atoms with Gasteiger partial charge < -0.3 is 30.1 Å². The minimum Gasteiger partial charge on any atom is -0.431 e. The molecule has 3 aliphatic rings. The summed E-state index contributed by atoms with van der Waals surface area (Å²) in [5.74, 6) is -1.96. The van der Waals surface area contributed by atoms with E-state index < -0.39 is 47.2 Å². The molecule has 2 aromatic heterocycles. The van der Waals surface area contributed by atoms with Crippen molar-refractivity contribution in [2.24, 2.45) is 5.16 Å². The maximum absolute atomic E-state index is 14.5. The van der Waals surface area contributed by atoms with Gasteiger partial charge in [-0.15, -0.1) is 23.1 Å². The number of nitrogens with zero attached hydrogens (tertiary/aromatic N) is 4. The van der Waals surface area contributed by atoms with Gasteiger partial charge in [0.25, 0.3) is 11.8 Å². The number of pyridine rings is 1. The molecule has 3 N–H and O–H groups in total. The van der Waals surface area contributed by atoms with Crippen LogP contribution < -0.4 is 11.1 Å². The summed E-state index contributed by atoms with van der Waals surface area (Å²) in [5, 5.41) is 8.47. The molecule has 1 saturated carbocycles. The molecule has 63 heavy (non-hydrogen) atoms. The topological polar surface area (TPSA) is 185 Å². The molecule has 322 valence electrons. The normalized spacial score (nSPS) is 18.5. The monoisotopic (exact) mass is 884 g/mol. The van der Waals surface area contributed by atoms with E-state index in [4.69, 9.17) is 24.8 Å². The van der Waals surface area contributed by atoms with Crippen molar-refractivity contribution in [3.63, 3.8) is 0 Å². The van der Waals surface area contributed by atoms with E-state index in [-0.39, 0.29) is 34.1 Å². The summed E-state index contributed by atoms with van der Waals surface area (Å²) in [6, 6.07) is 31.1. The highest BCUT2D eigenvalue weighted by Gasteiger charge is 2.55. The zero-order valence-corrected chi connectivity index (χ0v) is 35.8. The molecule has 0 spiro atoms. The van der Waals surface area contributed by atoms with Crippen molar-refractivity contribution in [3.05, 3.63) is 166 Å². The number of allylic oxidation sites excluding steroid dienone is 1. The molecule has 16 heteroatoms. The number of carbonyl (C=O) groups is 4. The Labute approximate surface area is 372 Å². The van der Waals surface area contributed by atoms with Gasteiger partial charge >= 0.3 is 12.1 Å². The van der Waals surface area contributed by atoms with Gasteiger partial charge in [-0.2, -0.15) is 0 Å². The Morgan fingerprint density at radius 1 is 0.889 bits per heavy atom. The average molecular weight is 885 g/mol. The number of hydrogen-bond acceptors (Lipinski definition) is 14. The third-order valence-corrected chi connectivity index (χ3v) is 12.8. The number of thioether (sulfide) groups is 1. The Kier molecular flexibility index (Phi) is 13.3. The number of aromatic nitrogens is 2. The molecule has 3 aromatic carbocycles. The van der Waals surface area contributed by atoms with Gasteiger partial charge in [0.2, 0.25) is 11.9 Å². The SMILES string of the molecule is CC(OC(=O)OC1CCCCC1)OC(=O)C1=C(/C=C\c2cccnc2)CS[C@@H]2[C@H](NC(=O)C(=NOC(c3ccccc3)(c3ccccc3)c3ccccc3)c3csc(N)n3)C(=O)N12. The Morgan fingerprint density at radius 2 is 1.54 bits per heavy atom. The first-order valence-electron chi connectivity index (χ1n) is 20.5. The van der Waals surface area contributed by atoms with Crippen molar-refractivity contribution in [2.45, 2.75) is 68.4 Å². The molecule has 2 fully saturated rings. The summed E-state index contributed by atoms with van der Waals surface area (Å²) < 4.78 is 16.4. The zero-order chi connectivity index (χ0) is 43.8. The first-order valence-corrected chi connectivity index (χ1v) is 22.4. The molecular weight excluding hydrogens is 841 g/mol. The largest absolute Gasteiger partial charge is 0.511 e. The quantitative estimate of drug-likeness (QED) is 0.0279. The predicted molar refractivity (Wildman–Crippen MR) is 239 cm³/mol. The number of benzene rings is 3. The van der Waals surface area contributed by atoms with Crippen molar-refractivity contribution in [3.8, 4) is 0 Å². The lowest BCUT2D eigenvalue weighted by Gasteiger charge is -2.49. The van der Waals surface area contributed by atoms with Crippen LogP contribution in [0.25, 0.3) is 6.08 Å².